The van der Waals surface area contributed by atoms with Crippen molar-refractivity contribution in [3.05, 3.63) is 0 Å². The van der Waals surface area contributed by atoms with E-state index in [1.807, 2.05) is 20.8 Å². The fraction of sp³-hybridized carbons (Fsp3) is 0.750. The summed E-state index contributed by atoms with van der Waals surface area (Å²) in [6.45, 7) is 5.92. The summed E-state index contributed by atoms with van der Waals surface area (Å²) in [4.78, 5) is 21.3. The van der Waals surface area contributed by atoms with E-state index in [4.69, 9.17) is 5.73 Å². The molecule has 14 heavy (non-hydrogen) atoms. The summed E-state index contributed by atoms with van der Waals surface area (Å²) in [5.74, 6) is 0. The minimum Gasteiger partial charge on any atom is -0.448 e. The van der Waals surface area contributed by atoms with Crippen LogP contribution in [-0.2, 0) is 4.74 Å². The van der Waals surface area contributed by atoms with E-state index in [2.05, 4.69) is 15.4 Å². The molecule has 4 N–H and O–H groups in total. The van der Waals surface area contributed by atoms with E-state index in [0.717, 1.165) is 0 Å². The van der Waals surface area contributed by atoms with Crippen LogP contribution in [0.5, 0.6) is 0 Å². The minimum absolute atomic E-state index is 0.0763. The lowest BCUT2D eigenvalue weighted by Gasteiger charge is -2.20. The summed E-state index contributed by atoms with van der Waals surface area (Å²) in [7, 11) is 0. The van der Waals surface area contributed by atoms with Crippen LogP contribution >= 0.6 is 0 Å². The van der Waals surface area contributed by atoms with E-state index in [-0.39, 0.29) is 24.7 Å². The average Bonchev–Trinajstić information content (AvgIpc) is 1.94. The summed E-state index contributed by atoms with van der Waals surface area (Å²) in [5, 5.41) is 5.20. The number of ether oxygens (including phenoxy) is 1. The van der Waals surface area contributed by atoms with Crippen LogP contribution in [0.3, 0.4) is 0 Å². The first-order chi connectivity index (χ1) is 6.31. The zero-order valence-electron chi connectivity index (χ0n) is 8.72. The molecule has 0 unspecified atom stereocenters. The zero-order valence-corrected chi connectivity index (χ0v) is 8.72. The Hall–Kier alpha value is -1.46. The van der Waals surface area contributed by atoms with Crippen molar-refractivity contribution in [3.8, 4) is 0 Å². The quantitative estimate of drug-likeness (QED) is 0.571. The van der Waals surface area contributed by atoms with E-state index in [9.17, 15) is 9.59 Å². The molecule has 3 amide bonds. The lowest BCUT2D eigenvalue weighted by molar-refractivity contribution is 0.156. The molecule has 0 saturated heterocycles. The van der Waals surface area contributed by atoms with Gasteiger partial charge >= 0.3 is 12.1 Å². The monoisotopic (exact) mass is 203 g/mol. The van der Waals surface area contributed by atoms with Crippen LogP contribution in [0.4, 0.5) is 9.59 Å². The molecular weight excluding hydrogens is 186 g/mol. The molecular formula is C8H17N3O3. The first-order valence-corrected chi connectivity index (χ1v) is 4.29. The third kappa shape index (κ3) is 8.63. The molecule has 0 heterocycles. The molecule has 0 spiro atoms. The smallest absolute Gasteiger partial charge is 0.404 e. The van der Waals surface area contributed by atoms with Crippen LogP contribution in [0.1, 0.15) is 20.8 Å². The van der Waals surface area contributed by atoms with Gasteiger partial charge in [-0.25, -0.2) is 9.59 Å². The van der Waals surface area contributed by atoms with Crippen LogP contribution in [0.2, 0.25) is 0 Å². The molecule has 6 nitrogen and oxygen atoms in total. The molecule has 0 aliphatic carbocycles. The maximum Gasteiger partial charge on any atom is 0.404 e. The van der Waals surface area contributed by atoms with E-state index < -0.39 is 6.09 Å². The van der Waals surface area contributed by atoms with Gasteiger partial charge in [0.05, 0.1) is 6.54 Å². The molecule has 6 heteroatoms. The molecule has 0 rings (SSSR count). The number of carbonyl (C=O) groups is 2. The fourth-order valence-electron chi connectivity index (χ4n) is 0.701. The van der Waals surface area contributed by atoms with E-state index in [0.29, 0.717) is 0 Å². The molecule has 0 aliphatic rings. The van der Waals surface area contributed by atoms with Crippen molar-refractivity contribution >= 4 is 12.1 Å². The Morgan fingerprint density at radius 1 is 1.36 bits per heavy atom. The van der Waals surface area contributed by atoms with Crippen molar-refractivity contribution in [2.24, 2.45) is 5.73 Å². The standard InChI is InChI=1S/C8H17N3O3/c1-8(2,3)11-7(13)10-4-5-14-6(9)12/h4-5H2,1-3H3,(H2,9,12)(H2,10,11,13). The number of hydrogen-bond donors (Lipinski definition) is 3. The first kappa shape index (κ1) is 12.5. The fourth-order valence-corrected chi connectivity index (χ4v) is 0.701. The van der Waals surface area contributed by atoms with Gasteiger partial charge in [0.2, 0.25) is 0 Å². The van der Waals surface area contributed by atoms with E-state index in [1.165, 1.54) is 0 Å². The van der Waals surface area contributed by atoms with Gasteiger partial charge in [0, 0.05) is 5.54 Å². The Balaban J connectivity index is 3.50. The highest BCUT2D eigenvalue weighted by Gasteiger charge is 2.12. The summed E-state index contributed by atoms with van der Waals surface area (Å²) in [5.41, 5.74) is 4.44. The maximum atomic E-state index is 11.1. The molecule has 0 fully saturated rings. The SMILES string of the molecule is CC(C)(C)NC(=O)NCCOC(N)=O. The summed E-state index contributed by atoms with van der Waals surface area (Å²) in [6.07, 6.45) is -0.844. The third-order valence-electron chi connectivity index (χ3n) is 1.12. The number of carbonyl (C=O) groups excluding carboxylic acids is 2. The Labute approximate surface area is 83.2 Å². The number of nitrogens with two attached hydrogens (primary N) is 1. The second-order valence-electron chi connectivity index (χ2n) is 3.80. The molecule has 0 aromatic carbocycles. The second-order valence-corrected chi connectivity index (χ2v) is 3.80. The first-order valence-electron chi connectivity index (χ1n) is 4.29. The number of rotatable bonds is 3. The van der Waals surface area contributed by atoms with Gasteiger partial charge in [-0.15, -0.1) is 0 Å². The maximum absolute atomic E-state index is 11.1. The summed E-state index contributed by atoms with van der Waals surface area (Å²) >= 11 is 0. The third-order valence-corrected chi connectivity index (χ3v) is 1.12. The molecule has 0 radical (unpaired) electrons. The van der Waals surface area contributed by atoms with Crippen LogP contribution in [0, 0.1) is 0 Å². The largest absolute Gasteiger partial charge is 0.448 e. The summed E-state index contributed by atoms with van der Waals surface area (Å²) in [6, 6.07) is -0.300. The predicted octanol–water partition coefficient (Wildman–Crippen LogP) is 0.179. The highest BCUT2D eigenvalue weighted by atomic mass is 16.5. The summed E-state index contributed by atoms with van der Waals surface area (Å²) < 4.78 is 4.42. The molecule has 0 aromatic rings. The normalized spacial score (nSPS) is 10.5. The Morgan fingerprint density at radius 2 is 1.93 bits per heavy atom. The van der Waals surface area contributed by atoms with E-state index in [1.54, 1.807) is 0 Å². The van der Waals surface area contributed by atoms with Crippen molar-refractivity contribution < 1.29 is 14.3 Å². The number of urea groups is 1. The Bertz CT molecular complexity index is 210. The topological polar surface area (TPSA) is 93.4 Å². The lowest BCUT2D eigenvalue weighted by atomic mass is 10.1. The highest BCUT2D eigenvalue weighted by Crippen LogP contribution is 1.96. The van der Waals surface area contributed by atoms with Gasteiger partial charge in [-0.2, -0.15) is 0 Å². The minimum atomic E-state index is -0.844. The number of primary amides is 1. The lowest BCUT2D eigenvalue weighted by Crippen LogP contribution is -2.47. The van der Waals surface area contributed by atoms with E-state index >= 15 is 0 Å². The molecule has 0 atom stereocenters. The van der Waals surface area contributed by atoms with Gasteiger partial charge in [-0.05, 0) is 20.8 Å². The van der Waals surface area contributed by atoms with Gasteiger partial charge in [-0.1, -0.05) is 0 Å². The van der Waals surface area contributed by atoms with Gasteiger partial charge in [-0.3, -0.25) is 0 Å². The van der Waals surface area contributed by atoms with Crippen molar-refractivity contribution in [1.82, 2.24) is 10.6 Å². The number of amides is 3. The van der Waals surface area contributed by atoms with Gasteiger partial charge in [0.15, 0.2) is 0 Å². The second kappa shape index (κ2) is 5.31. The predicted molar refractivity (Wildman–Crippen MR) is 51.8 cm³/mol. The van der Waals surface area contributed by atoms with Crippen LogP contribution < -0.4 is 16.4 Å². The molecule has 0 bridgehead atoms. The molecule has 0 aliphatic heterocycles. The van der Waals surface area contributed by atoms with Crippen LogP contribution in [0.25, 0.3) is 0 Å². The number of nitrogens with one attached hydrogen (secondary N) is 2. The Morgan fingerprint density at radius 3 is 2.36 bits per heavy atom. The molecule has 0 aromatic heterocycles. The van der Waals surface area contributed by atoms with Gasteiger partial charge < -0.3 is 21.1 Å². The van der Waals surface area contributed by atoms with Crippen molar-refractivity contribution in [3.63, 3.8) is 0 Å². The Kier molecular flexibility index (Phi) is 4.76. The average molecular weight is 203 g/mol. The van der Waals surface area contributed by atoms with Crippen molar-refractivity contribution in [2.75, 3.05) is 13.2 Å². The van der Waals surface area contributed by atoms with Gasteiger partial charge in [0.1, 0.15) is 6.61 Å². The molecule has 0 saturated carbocycles. The van der Waals surface area contributed by atoms with Crippen LogP contribution in [-0.4, -0.2) is 30.8 Å². The zero-order chi connectivity index (χ0) is 11.2. The van der Waals surface area contributed by atoms with Crippen molar-refractivity contribution in [2.45, 2.75) is 26.3 Å². The highest BCUT2D eigenvalue weighted by molar-refractivity contribution is 5.74. The number of hydrogen-bond acceptors (Lipinski definition) is 3. The van der Waals surface area contributed by atoms with Crippen LogP contribution in [0.15, 0.2) is 0 Å². The molecule has 82 valence electrons. The van der Waals surface area contributed by atoms with Gasteiger partial charge in [0.25, 0.3) is 0 Å². The van der Waals surface area contributed by atoms with Crippen molar-refractivity contribution in [1.29, 1.82) is 0 Å².